The number of H-pyrrole nitrogens is 1. The van der Waals surface area contributed by atoms with Crippen molar-refractivity contribution in [2.24, 2.45) is 7.05 Å². The first-order valence-electron chi connectivity index (χ1n) is 12.6. The van der Waals surface area contributed by atoms with E-state index in [1.807, 2.05) is 25.4 Å². The highest BCUT2D eigenvalue weighted by Gasteiger charge is 2.21. The predicted octanol–water partition coefficient (Wildman–Crippen LogP) is 2.93. The van der Waals surface area contributed by atoms with Crippen LogP contribution < -0.4 is 20.3 Å². The lowest BCUT2D eigenvalue weighted by atomic mass is 10.2. The standard InChI is InChI=1S/C25H31N9O3/c1-33-15-16(13-27-33)22-21-23(26-14-18-4-3-9-37-18)29-25(30-24(21)32-31-22)28-19-6-5-17(12-20(19)35-2)34-7-10-36-11-8-34/h5-6,12-13,15,18H,3-4,7-11,14H2,1-2H3,(H3,26,28,29,30,31,32). The molecule has 2 aliphatic heterocycles. The molecule has 4 aromatic rings. The van der Waals surface area contributed by atoms with Gasteiger partial charge in [0.05, 0.1) is 49.4 Å². The number of rotatable bonds is 8. The largest absolute Gasteiger partial charge is 0.494 e. The van der Waals surface area contributed by atoms with Crippen LogP contribution in [0.5, 0.6) is 5.75 Å². The van der Waals surface area contributed by atoms with E-state index in [1.165, 1.54) is 0 Å². The Hall–Kier alpha value is -3.90. The fourth-order valence-electron chi connectivity index (χ4n) is 4.81. The highest BCUT2D eigenvalue weighted by atomic mass is 16.5. The lowest BCUT2D eigenvalue weighted by molar-refractivity contribution is 0.120. The van der Waals surface area contributed by atoms with Crippen molar-refractivity contribution in [2.45, 2.75) is 18.9 Å². The number of nitrogens with one attached hydrogen (secondary N) is 3. The van der Waals surface area contributed by atoms with Crippen molar-refractivity contribution in [3.63, 3.8) is 0 Å². The molecule has 0 spiro atoms. The smallest absolute Gasteiger partial charge is 0.231 e. The summed E-state index contributed by atoms with van der Waals surface area (Å²) in [7, 11) is 3.55. The Morgan fingerprint density at radius 1 is 1.19 bits per heavy atom. The van der Waals surface area contributed by atoms with E-state index >= 15 is 0 Å². The van der Waals surface area contributed by atoms with Gasteiger partial charge in [-0.05, 0) is 25.0 Å². The number of nitrogens with zero attached hydrogens (tertiary/aromatic N) is 6. The van der Waals surface area contributed by atoms with Crippen molar-refractivity contribution < 1.29 is 14.2 Å². The highest BCUT2D eigenvalue weighted by Crippen LogP contribution is 2.35. The van der Waals surface area contributed by atoms with E-state index in [1.54, 1.807) is 18.0 Å². The number of morpholine rings is 1. The minimum atomic E-state index is 0.156. The topological polar surface area (TPSA) is 127 Å². The van der Waals surface area contributed by atoms with Crippen LogP contribution in [0.15, 0.2) is 30.6 Å². The summed E-state index contributed by atoms with van der Waals surface area (Å²) in [4.78, 5) is 11.8. The van der Waals surface area contributed by atoms with Crippen LogP contribution in [0.1, 0.15) is 12.8 Å². The van der Waals surface area contributed by atoms with Gasteiger partial charge < -0.3 is 29.7 Å². The fourth-order valence-corrected chi connectivity index (χ4v) is 4.81. The maximum absolute atomic E-state index is 5.82. The molecule has 2 aliphatic rings. The number of anilines is 4. The van der Waals surface area contributed by atoms with Crippen molar-refractivity contribution in [3.05, 3.63) is 30.6 Å². The van der Waals surface area contributed by atoms with Gasteiger partial charge in [0.25, 0.3) is 0 Å². The molecule has 3 N–H and O–H groups in total. The molecule has 0 bridgehead atoms. The molecule has 1 atom stereocenters. The zero-order valence-corrected chi connectivity index (χ0v) is 21.0. The molecular formula is C25H31N9O3. The second-order valence-corrected chi connectivity index (χ2v) is 9.22. The Bertz CT molecular complexity index is 1370. The zero-order valence-electron chi connectivity index (χ0n) is 21.0. The minimum absolute atomic E-state index is 0.156. The average Bonchev–Trinajstić information content (AvgIpc) is 3.69. The highest BCUT2D eigenvalue weighted by molar-refractivity contribution is 5.99. The van der Waals surface area contributed by atoms with Crippen LogP contribution in [0.3, 0.4) is 0 Å². The summed E-state index contributed by atoms with van der Waals surface area (Å²) in [6.07, 6.45) is 5.99. The number of methoxy groups -OCH3 is 1. The second-order valence-electron chi connectivity index (χ2n) is 9.22. The Kier molecular flexibility index (Phi) is 6.49. The van der Waals surface area contributed by atoms with E-state index in [0.717, 1.165) is 73.8 Å². The lowest BCUT2D eigenvalue weighted by Gasteiger charge is -2.29. The maximum Gasteiger partial charge on any atom is 0.231 e. The molecular weight excluding hydrogens is 474 g/mol. The van der Waals surface area contributed by atoms with Crippen LogP contribution in [0.25, 0.3) is 22.3 Å². The van der Waals surface area contributed by atoms with Gasteiger partial charge in [-0.15, -0.1) is 0 Å². The molecule has 12 heteroatoms. The van der Waals surface area contributed by atoms with Crippen molar-refractivity contribution in [3.8, 4) is 17.0 Å². The normalized spacial score (nSPS) is 17.9. The Morgan fingerprint density at radius 2 is 2.08 bits per heavy atom. The van der Waals surface area contributed by atoms with E-state index in [0.29, 0.717) is 29.7 Å². The number of hydrogen-bond donors (Lipinski definition) is 3. The number of fused-ring (bicyclic) bond motifs is 1. The molecule has 1 aromatic carbocycles. The van der Waals surface area contributed by atoms with E-state index in [-0.39, 0.29) is 6.10 Å². The predicted molar refractivity (Wildman–Crippen MR) is 141 cm³/mol. The number of aryl methyl sites for hydroxylation is 1. The molecule has 6 rings (SSSR count). The first-order chi connectivity index (χ1) is 18.2. The third kappa shape index (κ3) is 4.89. The molecule has 3 aromatic heterocycles. The van der Waals surface area contributed by atoms with Gasteiger partial charge in [-0.2, -0.15) is 20.2 Å². The Balaban J connectivity index is 1.33. The first-order valence-corrected chi connectivity index (χ1v) is 12.6. The molecule has 0 aliphatic carbocycles. The maximum atomic E-state index is 5.82. The third-order valence-electron chi connectivity index (χ3n) is 6.74. The fraction of sp³-hybridized carbons (Fsp3) is 0.440. The third-order valence-corrected chi connectivity index (χ3v) is 6.74. The molecule has 0 amide bonds. The first kappa shape index (κ1) is 23.5. The summed E-state index contributed by atoms with van der Waals surface area (Å²) in [5, 5.41) is 19.5. The summed E-state index contributed by atoms with van der Waals surface area (Å²) in [5.74, 6) is 1.81. The van der Waals surface area contributed by atoms with Gasteiger partial charge in [-0.1, -0.05) is 0 Å². The van der Waals surface area contributed by atoms with Crippen LogP contribution in [0.2, 0.25) is 0 Å². The molecule has 1 unspecified atom stereocenters. The van der Waals surface area contributed by atoms with Crippen LogP contribution in [0.4, 0.5) is 23.1 Å². The van der Waals surface area contributed by atoms with E-state index in [9.17, 15) is 0 Å². The van der Waals surface area contributed by atoms with Gasteiger partial charge in [0.15, 0.2) is 5.65 Å². The van der Waals surface area contributed by atoms with E-state index in [4.69, 9.17) is 24.2 Å². The van der Waals surface area contributed by atoms with Gasteiger partial charge in [0.1, 0.15) is 11.6 Å². The number of aromatic nitrogens is 6. The number of ether oxygens (including phenoxy) is 3. The van der Waals surface area contributed by atoms with Crippen LogP contribution >= 0.6 is 0 Å². The minimum Gasteiger partial charge on any atom is -0.494 e. The van der Waals surface area contributed by atoms with E-state index < -0.39 is 0 Å². The molecule has 5 heterocycles. The number of hydrogen-bond acceptors (Lipinski definition) is 10. The molecule has 2 saturated heterocycles. The monoisotopic (exact) mass is 505 g/mol. The summed E-state index contributed by atoms with van der Waals surface area (Å²) in [5.41, 5.74) is 4.14. The van der Waals surface area contributed by atoms with Gasteiger partial charge in [-0.25, -0.2) is 0 Å². The van der Waals surface area contributed by atoms with Crippen molar-refractivity contribution in [1.29, 1.82) is 0 Å². The summed E-state index contributed by atoms with van der Waals surface area (Å²) in [6.45, 7) is 4.61. The molecule has 0 saturated carbocycles. The van der Waals surface area contributed by atoms with E-state index in [2.05, 4.69) is 36.9 Å². The van der Waals surface area contributed by atoms with Crippen molar-refractivity contribution in [1.82, 2.24) is 29.9 Å². The van der Waals surface area contributed by atoms with Gasteiger partial charge in [0.2, 0.25) is 5.95 Å². The van der Waals surface area contributed by atoms with Gasteiger partial charge in [0, 0.05) is 56.8 Å². The molecule has 2 fully saturated rings. The van der Waals surface area contributed by atoms with Crippen molar-refractivity contribution >= 4 is 34.2 Å². The SMILES string of the molecule is COc1cc(N2CCOCC2)ccc1Nc1nc(NCC2CCCO2)c2c(-c3cnn(C)c3)[nH]nc2n1. The van der Waals surface area contributed by atoms with Crippen molar-refractivity contribution in [2.75, 3.05) is 62.1 Å². The lowest BCUT2D eigenvalue weighted by Crippen LogP contribution is -2.36. The summed E-state index contributed by atoms with van der Waals surface area (Å²) in [6, 6.07) is 6.08. The molecule has 12 nitrogen and oxygen atoms in total. The quantitative estimate of drug-likeness (QED) is 0.329. The molecule has 194 valence electrons. The number of aromatic amines is 1. The average molecular weight is 506 g/mol. The second kappa shape index (κ2) is 10.2. The van der Waals surface area contributed by atoms with Gasteiger partial charge >= 0.3 is 0 Å². The Morgan fingerprint density at radius 3 is 2.84 bits per heavy atom. The van der Waals surface area contributed by atoms with Gasteiger partial charge in [-0.3, -0.25) is 9.78 Å². The Labute approximate surface area is 214 Å². The number of benzene rings is 1. The summed E-state index contributed by atoms with van der Waals surface area (Å²) < 4.78 is 18.8. The molecule has 0 radical (unpaired) electrons. The zero-order chi connectivity index (χ0) is 25.2. The van der Waals surface area contributed by atoms with Crippen LogP contribution in [0, 0.1) is 0 Å². The molecule has 37 heavy (non-hydrogen) atoms. The summed E-state index contributed by atoms with van der Waals surface area (Å²) >= 11 is 0. The van der Waals surface area contributed by atoms with Crippen LogP contribution in [-0.4, -0.2) is 82.6 Å². The van der Waals surface area contributed by atoms with Crippen LogP contribution in [-0.2, 0) is 16.5 Å².